The predicted molar refractivity (Wildman–Crippen MR) is 128 cm³/mol. The van der Waals surface area contributed by atoms with E-state index in [0.717, 1.165) is 19.2 Å². The molecule has 0 atom stereocenters. The Morgan fingerprint density at radius 3 is 2.57 bits per heavy atom. The van der Waals surface area contributed by atoms with Gasteiger partial charge in [-0.25, -0.2) is 10.8 Å². The maximum atomic E-state index is 13.9. The zero-order chi connectivity index (χ0) is 25.8. The molecule has 2 aromatic rings. The highest BCUT2D eigenvalue weighted by Crippen LogP contribution is 2.40. The van der Waals surface area contributed by atoms with Crippen LogP contribution in [0.25, 0.3) is 11.3 Å². The minimum absolute atomic E-state index is 0.00930. The number of benzene rings is 1. The van der Waals surface area contributed by atoms with E-state index < -0.39 is 17.3 Å². The van der Waals surface area contributed by atoms with Gasteiger partial charge in [-0.15, -0.1) is 0 Å². The molecule has 1 aromatic carbocycles. The van der Waals surface area contributed by atoms with Crippen LogP contribution < -0.4 is 20.9 Å². The molecular weight excluding hydrogens is 461 g/mol. The van der Waals surface area contributed by atoms with Gasteiger partial charge in [0.15, 0.2) is 5.69 Å². The number of alkyl halides is 3. The number of nitriles is 1. The van der Waals surface area contributed by atoms with Crippen LogP contribution in [0.5, 0.6) is 5.75 Å². The molecule has 0 saturated carbocycles. The summed E-state index contributed by atoms with van der Waals surface area (Å²) in [6, 6.07) is 7.25. The molecule has 2 heterocycles. The second kappa shape index (κ2) is 10.7. The number of ether oxygens (including phenoxy) is 1. The fourth-order valence-electron chi connectivity index (χ4n) is 4.08. The molecular formula is C24H31F3N6O2. The van der Waals surface area contributed by atoms with Gasteiger partial charge in [0.2, 0.25) is 0 Å². The third-order valence-corrected chi connectivity index (χ3v) is 6.11. The largest absolute Gasteiger partial charge is 0.493 e. The standard InChI is InChI=1S/C24H31F3N6O2/c1-23(34)7-10-33(11-8-23)9-4-12-35-21-6-5-16(13-17(21)24(25,26)27)18-14-19(30-2)22(32(3)29)20(15-28)31-18/h5-6,13-14,34H,4,7-12,29H2,1-3H3,(H,30,31). The number of hydrogen-bond acceptors (Lipinski definition) is 8. The molecule has 0 aliphatic carbocycles. The molecule has 3 rings (SSSR count). The maximum Gasteiger partial charge on any atom is 0.419 e. The van der Waals surface area contributed by atoms with E-state index >= 15 is 0 Å². The van der Waals surface area contributed by atoms with E-state index in [0.29, 0.717) is 37.2 Å². The quantitative estimate of drug-likeness (QED) is 0.291. The number of aromatic nitrogens is 1. The fraction of sp³-hybridized carbons (Fsp3) is 0.500. The van der Waals surface area contributed by atoms with Gasteiger partial charge < -0.3 is 25.1 Å². The van der Waals surface area contributed by atoms with Gasteiger partial charge in [0, 0.05) is 39.3 Å². The van der Waals surface area contributed by atoms with Crippen LogP contribution in [0, 0.1) is 11.3 Å². The van der Waals surface area contributed by atoms with E-state index in [-0.39, 0.29) is 29.3 Å². The number of anilines is 2. The molecule has 1 aliphatic rings. The Labute approximate surface area is 203 Å². The van der Waals surface area contributed by atoms with Crippen molar-refractivity contribution in [3.05, 3.63) is 35.5 Å². The molecule has 0 unspecified atom stereocenters. The third-order valence-electron chi connectivity index (χ3n) is 6.11. The Morgan fingerprint density at radius 1 is 1.31 bits per heavy atom. The third kappa shape index (κ3) is 6.54. The summed E-state index contributed by atoms with van der Waals surface area (Å²) in [7, 11) is 3.17. The number of hydrogen-bond donors (Lipinski definition) is 3. The van der Waals surface area contributed by atoms with Crippen LogP contribution in [0.1, 0.15) is 37.4 Å². The highest BCUT2D eigenvalue weighted by Gasteiger charge is 2.35. The zero-order valence-electron chi connectivity index (χ0n) is 20.1. The van der Waals surface area contributed by atoms with Gasteiger partial charge in [-0.1, -0.05) is 0 Å². The van der Waals surface area contributed by atoms with Gasteiger partial charge in [0.1, 0.15) is 17.5 Å². The summed E-state index contributed by atoms with van der Waals surface area (Å²) in [5.74, 6) is 5.54. The highest BCUT2D eigenvalue weighted by molar-refractivity contribution is 5.79. The van der Waals surface area contributed by atoms with Crippen molar-refractivity contribution in [1.29, 1.82) is 5.26 Å². The summed E-state index contributed by atoms with van der Waals surface area (Å²) >= 11 is 0. The molecule has 0 radical (unpaired) electrons. The zero-order valence-corrected chi connectivity index (χ0v) is 20.1. The molecule has 1 fully saturated rings. The molecule has 0 spiro atoms. The first-order valence-corrected chi connectivity index (χ1v) is 11.4. The monoisotopic (exact) mass is 492 g/mol. The van der Waals surface area contributed by atoms with Crippen molar-refractivity contribution in [2.24, 2.45) is 5.84 Å². The highest BCUT2D eigenvalue weighted by atomic mass is 19.4. The summed E-state index contributed by atoms with van der Waals surface area (Å²) in [5.41, 5.74) is -0.357. The summed E-state index contributed by atoms with van der Waals surface area (Å²) < 4.78 is 47.1. The average Bonchev–Trinajstić information content (AvgIpc) is 2.81. The van der Waals surface area contributed by atoms with Gasteiger partial charge in [0.05, 0.1) is 29.2 Å². The number of nitrogens with one attached hydrogen (secondary N) is 1. The van der Waals surface area contributed by atoms with Crippen LogP contribution in [-0.4, -0.2) is 60.9 Å². The van der Waals surface area contributed by atoms with Gasteiger partial charge >= 0.3 is 6.18 Å². The van der Waals surface area contributed by atoms with Gasteiger partial charge in [0.25, 0.3) is 0 Å². The lowest BCUT2D eigenvalue weighted by Gasteiger charge is -2.35. The molecule has 35 heavy (non-hydrogen) atoms. The molecule has 8 nitrogen and oxygen atoms in total. The van der Waals surface area contributed by atoms with Gasteiger partial charge in [-0.3, -0.25) is 0 Å². The number of nitrogens with zero attached hydrogens (tertiary/aromatic N) is 4. The van der Waals surface area contributed by atoms with Crippen molar-refractivity contribution in [3.63, 3.8) is 0 Å². The smallest absolute Gasteiger partial charge is 0.419 e. The van der Waals surface area contributed by atoms with Crippen molar-refractivity contribution < 1.29 is 23.0 Å². The number of likely N-dealkylation sites (tertiary alicyclic amines) is 1. The summed E-state index contributed by atoms with van der Waals surface area (Å²) in [5, 5.41) is 23.7. The normalized spacial score (nSPS) is 16.0. The van der Waals surface area contributed by atoms with E-state index in [4.69, 9.17) is 10.6 Å². The van der Waals surface area contributed by atoms with Gasteiger partial charge in [-0.2, -0.15) is 18.4 Å². The van der Waals surface area contributed by atoms with Crippen LogP contribution in [0.4, 0.5) is 24.5 Å². The molecule has 1 saturated heterocycles. The van der Waals surface area contributed by atoms with Crippen molar-refractivity contribution in [2.75, 3.05) is 50.7 Å². The summed E-state index contributed by atoms with van der Waals surface area (Å²) in [6.07, 6.45) is -2.72. The number of aliphatic hydroxyl groups is 1. The first kappa shape index (κ1) is 26.5. The Bertz CT molecular complexity index is 1070. The minimum Gasteiger partial charge on any atom is -0.493 e. The van der Waals surface area contributed by atoms with E-state index in [1.165, 1.54) is 17.1 Å². The molecule has 4 N–H and O–H groups in total. The second-order valence-corrected chi connectivity index (χ2v) is 8.97. The van der Waals surface area contributed by atoms with Crippen LogP contribution in [0.15, 0.2) is 24.3 Å². The lowest BCUT2D eigenvalue weighted by atomic mass is 9.94. The molecule has 0 bridgehead atoms. The molecule has 0 amide bonds. The van der Waals surface area contributed by atoms with E-state index in [9.17, 15) is 23.5 Å². The predicted octanol–water partition coefficient (Wildman–Crippen LogP) is 3.61. The number of pyridine rings is 1. The summed E-state index contributed by atoms with van der Waals surface area (Å²) in [4.78, 5) is 6.40. The Morgan fingerprint density at radius 2 is 2.00 bits per heavy atom. The Hall–Kier alpha value is -3.07. The van der Waals surface area contributed by atoms with Crippen LogP contribution in [-0.2, 0) is 6.18 Å². The summed E-state index contributed by atoms with van der Waals surface area (Å²) in [6.45, 7) is 4.14. The average molecular weight is 493 g/mol. The number of piperidine rings is 1. The van der Waals surface area contributed by atoms with Crippen molar-refractivity contribution in [1.82, 2.24) is 9.88 Å². The first-order valence-electron chi connectivity index (χ1n) is 11.4. The fourth-order valence-corrected chi connectivity index (χ4v) is 4.08. The lowest BCUT2D eigenvalue weighted by molar-refractivity contribution is -0.138. The van der Waals surface area contributed by atoms with Gasteiger partial charge in [-0.05, 0) is 50.5 Å². The van der Waals surface area contributed by atoms with E-state index in [1.807, 2.05) is 13.0 Å². The topological polar surface area (TPSA) is 111 Å². The van der Waals surface area contributed by atoms with Crippen LogP contribution in [0.3, 0.4) is 0 Å². The lowest BCUT2D eigenvalue weighted by Crippen LogP contribution is -2.42. The molecule has 1 aromatic heterocycles. The van der Waals surface area contributed by atoms with Crippen molar-refractivity contribution >= 4 is 11.4 Å². The first-order chi connectivity index (χ1) is 16.4. The number of halogens is 3. The van der Waals surface area contributed by atoms with E-state index in [1.54, 1.807) is 20.2 Å². The minimum atomic E-state index is -4.63. The van der Waals surface area contributed by atoms with E-state index in [2.05, 4.69) is 15.2 Å². The molecule has 11 heteroatoms. The van der Waals surface area contributed by atoms with Crippen LogP contribution >= 0.6 is 0 Å². The maximum absolute atomic E-state index is 13.9. The molecule has 1 aliphatic heterocycles. The number of hydrazine groups is 1. The van der Waals surface area contributed by atoms with Crippen molar-refractivity contribution in [2.45, 2.75) is 38.0 Å². The Balaban J connectivity index is 1.78. The van der Waals surface area contributed by atoms with Crippen LogP contribution in [0.2, 0.25) is 0 Å². The Kier molecular flexibility index (Phi) is 8.10. The SMILES string of the molecule is CNc1cc(-c2ccc(OCCCN3CCC(C)(O)CC3)c(C(F)(F)F)c2)nc(C#N)c1N(C)N. The number of rotatable bonds is 8. The van der Waals surface area contributed by atoms with Crippen molar-refractivity contribution in [3.8, 4) is 23.1 Å². The second-order valence-electron chi connectivity index (χ2n) is 8.97. The molecule has 190 valence electrons. The number of nitrogens with two attached hydrogens (primary N) is 1.